The summed E-state index contributed by atoms with van der Waals surface area (Å²) < 4.78 is 5.18. The maximum atomic E-state index is 12.1. The van der Waals surface area contributed by atoms with Crippen molar-refractivity contribution < 1.29 is 9.53 Å². The number of carbonyl (C=O) groups is 1. The van der Waals surface area contributed by atoms with Crippen molar-refractivity contribution in [1.82, 2.24) is 0 Å². The number of hydrogen-bond donors (Lipinski definition) is 1. The summed E-state index contributed by atoms with van der Waals surface area (Å²) in [6.07, 6.45) is 2.92. The van der Waals surface area contributed by atoms with Gasteiger partial charge in [0, 0.05) is 33.9 Å². The van der Waals surface area contributed by atoms with Gasteiger partial charge in [0.25, 0.3) is 0 Å². The lowest BCUT2D eigenvalue weighted by Crippen LogP contribution is -2.16. The van der Waals surface area contributed by atoms with Gasteiger partial charge >= 0.3 is 0 Å². The van der Waals surface area contributed by atoms with Crippen LogP contribution in [0.1, 0.15) is 24.3 Å². The molecule has 0 unspecified atom stereocenters. The fraction of sp³-hybridized carbons (Fsp3) is 0.211. The fourth-order valence-electron chi connectivity index (χ4n) is 2.90. The minimum absolute atomic E-state index is 0.109. The smallest absolute Gasteiger partial charge is 0.158 e. The summed E-state index contributed by atoms with van der Waals surface area (Å²) in [5.74, 6) is 1.06. The van der Waals surface area contributed by atoms with E-state index in [-0.39, 0.29) is 11.7 Å². The first kappa shape index (κ1) is 16.9. The molecule has 3 rings (SSSR count). The Labute approximate surface area is 151 Å². The molecule has 1 N–H and O–H groups in total. The van der Waals surface area contributed by atoms with E-state index in [9.17, 15) is 4.79 Å². The van der Waals surface area contributed by atoms with Crippen molar-refractivity contribution in [2.75, 3.05) is 12.4 Å². The molecule has 0 amide bonds. The predicted molar refractivity (Wildman–Crippen MR) is 98.1 cm³/mol. The summed E-state index contributed by atoms with van der Waals surface area (Å²) >= 11 is 12.1. The van der Waals surface area contributed by atoms with Gasteiger partial charge in [-0.1, -0.05) is 35.3 Å². The van der Waals surface area contributed by atoms with Gasteiger partial charge in [-0.25, -0.2) is 0 Å². The van der Waals surface area contributed by atoms with Gasteiger partial charge in [-0.3, -0.25) is 4.79 Å². The van der Waals surface area contributed by atoms with Crippen LogP contribution in [-0.4, -0.2) is 12.9 Å². The lowest BCUT2D eigenvalue weighted by Gasteiger charge is -2.23. The first-order chi connectivity index (χ1) is 11.5. The second-order valence-corrected chi connectivity index (χ2v) is 6.67. The number of carbonyl (C=O) groups excluding carboxylic acids is 1. The highest BCUT2D eigenvalue weighted by atomic mass is 35.5. The van der Waals surface area contributed by atoms with Gasteiger partial charge < -0.3 is 10.1 Å². The van der Waals surface area contributed by atoms with Gasteiger partial charge in [0.2, 0.25) is 0 Å². The van der Waals surface area contributed by atoms with Crippen LogP contribution < -0.4 is 10.1 Å². The Kier molecular flexibility index (Phi) is 5.12. The zero-order chi connectivity index (χ0) is 17.1. The van der Waals surface area contributed by atoms with Crippen LogP contribution in [0.4, 0.5) is 5.69 Å². The lowest BCUT2D eigenvalue weighted by atomic mass is 9.85. The molecule has 1 atom stereocenters. The van der Waals surface area contributed by atoms with Crippen molar-refractivity contribution in [1.29, 1.82) is 0 Å². The average Bonchev–Trinajstić information content (AvgIpc) is 2.53. The number of methoxy groups -OCH3 is 1. The predicted octanol–water partition coefficient (Wildman–Crippen LogP) is 5.44. The molecule has 1 aliphatic carbocycles. The van der Waals surface area contributed by atoms with Gasteiger partial charge in [0.05, 0.1) is 7.11 Å². The van der Waals surface area contributed by atoms with E-state index < -0.39 is 0 Å². The molecule has 3 nitrogen and oxygen atoms in total. The normalized spacial score (nSPS) is 17.4. The number of anilines is 1. The van der Waals surface area contributed by atoms with Crippen molar-refractivity contribution in [2.24, 2.45) is 0 Å². The van der Waals surface area contributed by atoms with E-state index >= 15 is 0 Å². The molecular weight excluding hydrogens is 345 g/mol. The number of allylic oxidation sites excluding steroid dienone is 2. The first-order valence-electron chi connectivity index (χ1n) is 7.64. The van der Waals surface area contributed by atoms with E-state index in [1.54, 1.807) is 31.4 Å². The third kappa shape index (κ3) is 4.11. The van der Waals surface area contributed by atoms with E-state index in [4.69, 9.17) is 27.9 Å². The van der Waals surface area contributed by atoms with Crippen molar-refractivity contribution in [3.63, 3.8) is 0 Å². The highest BCUT2D eigenvalue weighted by Gasteiger charge is 2.22. The van der Waals surface area contributed by atoms with Crippen LogP contribution in [0.3, 0.4) is 0 Å². The van der Waals surface area contributed by atoms with Gasteiger partial charge in [0.1, 0.15) is 5.75 Å². The Morgan fingerprint density at radius 2 is 1.71 bits per heavy atom. The first-order valence-corrected chi connectivity index (χ1v) is 8.39. The third-order valence-electron chi connectivity index (χ3n) is 4.00. The molecule has 0 bridgehead atoms. The van der Waals surface area contributed by atoms with Crippen LogP contribution >= 0.6 is 23.2 Å². The molecule has 5 heteroatoms. The Bertz CT molecular complexity index is 764. The molecule has 0 spiro atoms. The molecule has 24 heavy (non-hydrogen) atoms. The second-order valence-electron chi connectivity index (χ2n) is 5.80. The maximum absolute atomic E-state index is 12.1. The number of ether oxygens (including phenoxy) is 1. The molecule has 0 aromatic heterocycles. The second kappa shape index (κ2) is 7.29. The Balaban J connectivity index is 1.78. The van der Waals surface area contributed by atoms with Gasteiger partial charge in [-0.05, 0) is 48.2 Å². The number of rotatable bonds is 4. The van der Waals surface area contributed by atoms with Crippen LogP contribution in [0.5, 0.6) is 5.75 Å². The molecule has 124 valence electrons. The largest absolute Gasteiger partial charge is 0.497 e. The minimum Gasteiger partial charge on any atom is -0.497 e. The summed E-state index contributed by atoms with van der Waals surface area (Å²) in [6, 6.07) is 13.1. The van der Waals surface area contributed by atoms with E-state index in [2.05, 4.69) is 5.32 Å². The molecule has 0 heterocycles. The topological polar surface area (TPSA) is 38.3 Å². The highest BCUT2D eigenvalue weighted by molar-refractivity contribution is 6.35. The van der Waals surface area contributed by atoms with Crippen molar-refractivity contribution in [3.05, 3.63) is 69.8 Å². The fourth-order valence-corrected chi connectivity index (χ4v) is 3.43. The summed E-state index contributed by atoms with van der Waals surface area (Å²) in [4.78, 5) is 12.1. The number of hydrogen-bond acceptors (Lipinski definition) is 3. The molecular formula is C19H17Cl2NO2. The third-order valence-corrected chi connectivity index (χ3v) is 4.44. The molecule has 0 saturated heterocycles. The summed E-state index contributed by atoms with van der Waals surface area (Å²) in [6.45, 7) is 0. The number of halogens is 2. The van der Waals surface area contributed by atoms with Crippen LogP contribution in [0.2, 0.25) is 10.0 Å². The lowest BCUT2D eigenvalue weighted by molar-refractivity contribution is -0.115. The SMILES string of the molecule is COc1ccc([C@@H]2CC(=O)C=C(Nc3cc(Cl)cc(Cl)c3)C2)cc1. The minimum atomic E-state index is 0.109. The van der Waals surface area contributed by atoms with E-state index in [0.29, 0.717) is 16.5 Å². The standard InChI is InChI=1S/C19H17Cl2NO2/c1-24-19-4-2-12(3-5-19)13-6-16(11-18(23)7-13)22-17-9-14(20)8-15(21)10-17/h2-5,8-11,13,22H,6-7H2,1H3/t13-/m0/s1. The maximum Gasteiger partial charge on any atom is 0.158 e. The highest BCUT2D eigenvalue weighted by Crippen LogP contribution is 2.33. The Morgan fingerprint density at radius 1 is 1.04 bits per heavy atom. The van der Waals surface area contributed by atoms with E-state index in [1.807, 2.05) is 24.3 Å². The number of ketones is 1. The zero-order valence-electron chi connectivity index (χ0n) is 13.2. The Morgan fingerprint density at radius 3 is 2.33 bits per heavy atom. The number of nitrogens with one attached hydrogen (secondary N) is 1. The monoisotopic (exact) mass is 361 g/mol. The molecule has 0 radical (unpaired) electrons. The molecule has 2 aromatic rings. The molecule has 0 aliphatic heterocycles. The van der Waals surface area contributed by atoms with Crippen LogP contribution in [0.15, 0.2) is 54.2 Å². The molecule has 2 aromatic carbocycles. The summed E-state index contributed by atoms with van der Waals surface area (Å²) in [5.41, 5.74) is 2.77. The number of benzene rings is 2. The van der Waals surface area contributed by atoms with Gasteiger partial charge in [0.15, 0.2) is 5.78 Å². The van der Waals surface area contributed by atoms with Crippen molar-refractivity contribution in [3.8, 4) is 5.75 Å². The summed E-state index contributed by atoms with van der Waals surface area (Å²) in [5, 5.41) is 4.37. The van der Waals surface area contributed by atoms with Crippen LogP contribution in [0, 0.1) is 0 Å². The van der Waals surface area contributed by atoms with Crippen LogP contribution in [0.25, 0.3) is 0 Å². The molecule has 0 fully saturated rings. The van der Waals surface area contributed by atoms with E-state index in [1.165, 1.54) is 0 Å². The van der Waals surface area contributed by atoms with Crippen molar-refractivity contribution >= 4 is 34.7 Å². The molecule has 1 aliphatic rings. The van der Waals surface area contributed by atoms with E-state index in [0.717, 1.165) is 29.1 Å². The van der Waals surface area contributed by atoms with Gasteiger partial charge in [-0.15, -0.1) is 0 Å². The van der Waals surface area contributed by atoms with Crippen LogP contribution in [-0.2, 0) is 4.79 Å². The summed E-state index contributed by atoms with van der Waals surface area (Å²) in [7, 11) is 1.64. The zero-order valence-corrected chi connectivity index (χ0v) is 14.7. The quantitative estimate of drug-likeness (QED) is 0.787. The average molecular weight is 362 g/mol. The van der Waals surface area contributed by atoms with Crippen molar-refractivity contribution in [2.45, 2.75) is 18.8 Å². The molecule has 0 saturated carbocycles. The Hall–Kier alpha value is -1.97. The van der Waals surface area contributed by atoms with Gasteiger partial charge in [-0.2, -0.15) is 0 Å².